The maximum absolute atomic E-state index is 12.0. The summed E-state index contributed by atoms with van der Waals surface area (Å²) in [7, 11) is 1.99. The lowest BCUT2D eigenvalue weighted by Gasteiger charge is -2.17. The summed E-state index contributed by atoms with van der Waals surface area (Å²) in [6, 6.07) is 3.81. The Morgan fingerprint density at radius 3 is 1.95 bits per heavy atom. The minimum absolute atomic E-state index is 0.00523. The topological polar surface area (TPSA) is 74.3 Å². The normalized spacial score (nSPS) is 12.4. The van der Waals surface area contributed by atoms with Crippen molar-refractivity contribution in [2.24, 2.45) is 0 Å². The Bertz CT molecular complexity index is 961. The third-order valence-corrected chi connectivity index (χ3v) is 5.86. The standard InChI is InChI=1S/C34H50N4O2/c1-3-4-5-6-7-8-9-10-11-12-13-14-15-16-17-18-19-24-33(39)36-27-29-38(2)30-28-37-34(40)25-20-22-32-23-21-26-35-31-32/h4-5,7-8,10-11,13-14,16-17,20-23,26,31H,3,6,9,12,15,18-19,24-25,27-30H2,1-2H3,(H,36,39)(H,37,40)/b5-4?,8-7?,11-10?,14-13?,17-16?,22-20+. The van der Waals surface area contributed by atoms with E-state index in [0.717, 1.165) is 63.6 Å². The third-order valence-electron chi connectivity index (χ3n) is 5.86. The van der Waals surface area contributed by atoms with E-state index in [-0.39, 0.29) is 11.8 Å². The molecule has 40 heavy (non-hydrogen) atoms. The van der Waals surface area contributed by atoms with Crippen LogP contribution in [-0.2, 0) is 9.59 Å². The van der Waals surface area contributed by atoms with E-state index in [9.17, 15) is 9.59 Å². The van der Waals surface area contributed by atoms with Gasteiger partial charge in [0.05, 0.1) is 0 Å². The fourth-order valence-electron chi connectivity index (χ4n) is 3.57. The highest BCUT2D eigenvalue weighted by molar-refractivity contribution is 5.78. The molecule has 6 nitrogen and oxygen atoms in total. The molecule has 0 saturated heterocycles. The van der Waals surface area contributed by atoms with Crippen molar-refractivity contribution in [3.05, 3.63) is 96.9 Å². The number of carbonyl (C=O) groups is 2. The van der Waals surface area contributed by atoms with E-state index in [2.05, 4.69) is 88.2 Å². The molecule has 0 bridgehead atoms. The molecule has 1 aromatic rings. The summed E-state index contributed by atoms with van der Waals surface area (Å²) in [5, 5.41) is 5.90. The van der Waals surface area contributed by atoms with Crippen LogP contribution < -0.4 is 10.6 Å². The summed E-state index contributed by atoms with van der Waals surface area (Å²) < 4.78 is 0. The van der Waals surface area contributed by atoms with Crippen LogP contribution in [0, 0.1) is 0 Å². The summed E-state index contributed by atoms with van der Waals surface area (Å²) in [4.78, 5) is 30.1. The fraction of sp³-hybridized carbons (Fsp3) is 0.441. The first-order valence-corrected chi connectivity index (χ1v) is 14.6. The van der Waals surface area contributed by atoms with Gasteiger partial charge in [-0.05, 0) is 63.6 Å². The van der Waals surface area contributed by atoms with Crippen molar-refractivity contribution >= 4 is 17.9 Å². The van der Waals surface area contributed by atoms with Gasteiger partial charge in [0.15, 0.2) is 0 Å². The van der Waals surface area contributed by atoms with Gasteiger partial charge in [-0.15, -0.1) is 0 Å². The van der Waals surface area contributed by atoms with Crippen LogP contribution in [0.5, 0.6) is 0 Å². The molecule has 0 fully saturated rings. The molecule has 0 radical (unpaired) electrons. The second-order valence-electron chi connectivity index (χ2n) is 9.50. The van der Waals surface area contributed by atoms with Crippen molar-refractivity contribution in [3.63, 3.8) is 0 Å². The highest BCUT2D eigenvalue weighted by Gasteiger charge is 2.03. The largest absolute Gasteiger partial charge is 0.355 e. The molecule has 0 atom stereocenters. The molecular weight excluding hydrogens is 496 g/mol. The van der Waals surface area contributed by atoms with Crippen LogP contribution in [0.2, 0.25) is 0 Å². The molecule has 0 aliphatic heterocycles. The number of nitrogens with zero attached hydrogens (tertiary/aromatic N) is 2. The first-order chi connectivity index (χ1) is 19.6. The van der Waals surface area contributed by atoms with Crippen molar-refractivity contribution in [1.82, 2.24) is 20.5 Å². The lowest BCUT2D eigenvalue weighted by atomic mass is 10.2. The second kappa shape index (κ2) is 25.8. The minimum Gasteiger partial charge on any atom is -0.355 e. The van der Waals surface area contributed by atoms with Crippen molar-refractivity contribution in [1.29, 1.82) is 0 Å². The maximum Gasteiger partial charge on any atom is 0.223 e. The summed E-state index contributed by atoms with van der Waals surface area (Å²) in [5.74, 6) is 0.0869. The van der Waals surface area contributed by atoms with Gasteiger partial charge in [0.2, 0.25) is 11.8 Å². The van der Waals surface area contributed by atoms with E-state index >= 15 is 0 Å². The van der Waals surface area contributed by atoms with Gasteiger partial charge in [0, 0.05) is 51.4 Å². The molecule has 2 amide bonds. The van der Waals surface area contributed by atoms with Gasteiger partial charge in [-0.3, -0.25) is 14.6 Å². The molecule has 0 unspecified atom stereocenters. The van der Waals surface area contributed by atoms with Gasteiger partial charge in [-0.1, -0.05) is 85.9 Å². The lowest BCUT2D eigenvalue weighted by Crippen LogP contribution is -2.37. The average Bonchev–Trinajstić information content (AvgIpc) is 2.95. The maximum atomic E-state index is 12.0. The van der Waals surface area contributed by atoms with Gasteiger partial charge in [-0.25, -0.2) is 0 Å². The molecule has 218 valence electrons. The molecule has 1 aromatic heterocycles. The number of pyridine rings is 1. The van der Waals surface area contributed by atoms with Crippen molar-refractivity contribution in [3.8, 4) is 0 Å². The molecule has 2 N–H and O–H groups in total. The number of nitrogens with one attached hydrogen (secondary N) is 2. The minimum atomic E-state index is -0.00523. The quantitative estimate of drug-likeness (QED) is 0.127. The molecule has 1 rings (SSSR count). The first-order valence-electron chi connectivity index (χ1n) is 14.6. The van der Waals surface area contributed by atoms with Crippen molar-refractivity contribution in [2.45, 2.75) is 64.7 Å². The Hall–Kier alpha value is -3.51. The van der Waals surface area contributed by atoms with Gasteiger partial charge in [-0.2, -0.15) is 0 Å². The molecule has 0 aliphatic carbocycles. The van der Waals surface area contributed by atoms with Gasteiger partial charge < -0.3 is 15.5 Å². The highest BCUT2D eigenvalue weighted by Crippen LogP contribution is 2.01. The van der Waals surface area contributed by atoms with E-state index in [0.29, 0.717) is 25.9 Å². The van der Waals surface area contributed by atoms with Crippen LogP contribution in [0.15, 0.2) is 91.4 Å². The van der Waals surface area contributed by atoms with Crippen LogP contribution in [0.3, 0.4) is 0 Å². The number of amides is 2. The third kappa shape index (κ3) is 22.5. The van der Waals surface area contributed by atoms with Crippen molar-refractivity contribution < 1.29 is 9.59 Å². The zero-order valence-electron chi connectivity index (χ0n) is 24.6. The monoisotopic (exact) mass is 546 g/mol. The molecule has 0 spiro atoms. The van der Waals surface area contributed by atoms with E-state index in [4.69, 9.17) is 0 Å². The number of hydrogen-bond donors (Lipinski definition) is 2. The Morgan fingerprint density at radius 1 is 0.800 bits per heavy atom. The zero-order valence-corrected chi connectivity index (χ0v) is 24.6. The van der Waals surface area contributed by atoms with Crippen LogP contribution in [0.1, 0.15) is 70.3 Å². The number of allylic oxidation sites excluding steroid dienone is 10. The van der Waals surface area contributed by atoms with E-state index in [1.807, 2.05) is 31.3 Å². The Morgan fingerprint density at radius 2 is 1.38 bits per heavy atom. The molecule has 0 aromatic carbocycles. The van der Waals surface area contributed by atoms with E-state index < -0.39 is 0 Å². The van der Waals surface area contributed by atoms with Gasteiger partial charge >= 0.3 is 0 Å². The number of rotatable bonds is 22. The fourth-order valence-corrected chi connectivity index (χ4v) is 3.57. The van der Waals surface area contributed by atoms with Crippen LogP contribution >= 0.6 is 0 Å². The molecule has 1 heterocycles. The molecule has 6 heteroatoms. The van der Waals surface area contributed by atoms with E-state index in [1.54, 1.807) is 12.4 Å². The summed E-state index contributed by atoms with van der Waals surface area (Å²) >= 11 is 0. The number of carbonyl (C=O) groups excluding carboxylic acids is 2. The smallest absolute Gasteiger partial charge is 0.223 e. The predicted molar refractivity (Wildman–Crippen MR) is 170 cm³/mol. The number of hydrogen-bond acceptors (Lipinski definition) is 4. The SMILES string of the molecule is CCC=CCC=CCC=CCC=CCC=CCCCC(=O)NCCN(C)CCNC(=O)C/C=C/c1cccnc1. The molecular formula is C34H50N4O2. The first kappa shape index (κ1) is 34.5. The van der Waals surface area contributed by atoms with E-state index in [1.165, 1.54) is 0 Å². The zero-order chi connectivity index (χ0) is 28.9. The molecule has 0 saturated carbocycles. The molecule has 0 aliphatic rings. The lowest BCUT2D eigenvalue weighted by molar-refractivity contribution is -0.121. The highest BCUT2D eigenvalue weighted by atomic mass is 16.2. The Labute approximate surface area is 242 Å². The van der Waals surface area contributed by atoms with Crippen molar-refractivity contribution in [2.75, 3.05) is 33.2 Å². The second-order valence-corrected chi connectivity index (χ2v) is 9.50. The number of aromatic nitrogens is 1. The average molecular weight is 547 g/mol. The Kier molecular flexibility index (Phi) is 22.2. The van der Waals surface area contributed by atoms with Crippen LogP contribution in [0.25, 0.3) is 6.08 Å². The Balaban J connectivity index is 1.95. The van der Waals surface area contributed by atoms with Gasteiger partial charge in [0.1, 0.15) is 0 Å². The number of unbranched alkanes of at least 4 members (excludes halogenated alkanes) is 1. The van der Waals surface area contributed by atoms with Gasteiger partial charge in [0.25, 0.3) is 0 Å². The van der Waals surface area contributed by atoms with Crippen LogP contribution in [0.4, 0.5) is 0 Å². The summed E-state index contributed by atoms with van der Waals surface area (Å²) in [5.41, 5.74) is 0.978. The predicted octanol–water partition coefficient (Wildman–Crippen LogP) is 6.57. The van der Waals surface area contributed by atoms with Crippen LogP contribution in [-0.4, -0.2) is 54.9 Å². The number of likely N-dealkylation sites (N-methyl/N-ethyl adjacent to an activating group) is 1. The summed E-state index contributed by atoms with van der Waals surface area (Å²) in [6.45, 7) is 4.82. The summed E-state index contributed by atoms with van der Waals surface area (Å²) in [6.07, 6.45) is 36.8.